The maximum atomic E-state index is 12.9. The molecule has 2 heterocycles. The highest BCUT2D eigenvalue weighted by molar-refractivity contribution is 5.90. The van der Waals surface area contributed by atoms with E-state index in [1.165, 1.54) is 11.3 Å². The molecular weight excluding hydrogens is 376 g/mol. The average molecular weight is 395 g/mol. The summed E-state index contributed by atoms with van der Waals surface area (Å²) in [6.45, 7) is 2.72. The van der Waals surface area contributed by atoms with Crippen LogP contribution in [-0.4, -0.2) is 48.1 Å². The second-order valence-electron chi connectivity index (χ2n) is 6.88. The van der Waals surface area contributed by atoms with Gasteiger partial charge in [0, 0.05) is 24.8 Å². The normalized spacial score (nSPS) is 19.7. The van der Waals surface area contributed by atoms with Crippen LogP contribution >= 0.6 is 0 Å². The lowest BCUT2D eigenvalue weighted by Gasteiger charge is -2.46. The SMILES string of the molecule is O=C(Nc1cc(C(F)(F)F)cc(C(F)(F)F)c1)N1CC(N2CCCCC2)C1. The van der Waals surface area contributed by atoms with E-state index in [0.717, 1.165) is 25.9 Å². The van der Waals surface area contributed by atoms with Gasteiger partial charge in [-0.05, 0) is 44.1 Å². The molecule has 27 heavy (non-hydrogen) atoms. The van der Waals surface area contributed by atoms with Crippen molar-refractivity contribution in [1.82, 2.24) is 9.80 Å². The number of amides is 2. The van der Waals surface area contributed by atoms with Gasteiger partial charge in [-0.3, -0.25) is 4.90 Å². The summed E-state index contributed by atoms with van der Waals surface area (Å²) in [6.07, 6.45) is -6.54. The van der Waals surface area contributed by atoms with Crippen molar-refractivity contribution in [3.8, 4) is 0 Å². The Hall–Kier alpha value is -1.97. The lowest BCUT2D eigenvalue weighted by atomic mass is 10.0. The van der Waals surface area contributed by atoms with Crippen LogP contribution in [-0.2, 0) is 12.4 Å². The molecule has 0 atom stereocenters. The fourth-order valence-corrected chi connectivity index (χ4v) is 3.37. The van der Waals surface area contributed by atoms with E-state index in [-0.39, 0.29) is 12.1 Å². The summed E-state index contributed by atoms with van der Waals surface area (Å²) < 4.78 is 77.2. The van der Waals surface area contributed by atoms with Gasteiger partial charge in [0.05, 0.1) is 11.1 Å². The number of nitrogens with one attached hydrogen (secondary N) is 1. The van der Waals surface area contributed by atoms with Crippen LogP contribution in [0.5, 0.6) is 0 Å². The summed E-state index contributed by atoms with van der Waals surface area (Å²) in [6, 6.07) is 0.550. The Bertz CT molecular complexity index is 659. The highest BCUT2D eigenvalue weighted by atomic mass is 19.4. The number of urea groups is 1. The van der Waals surface area contributed by atoms with Gasteiger partial charge in [0.2, 0.25) is 0 Å². The van der Waals surface area contributed by atoms with Crippen molar-refractivity contribution in [3.63, 3.8) is 0 Å². The first-order valence-electron chi connectivity index (χ1n) is 8.63. The molecule has 3 rings (SSSR count). The third kappa shape index (κ3) is 4.66. The number of alkyl halides is 6. The van der Waals surface area contributed by atoms with Gasteiger partial charge in [-0.15, -0.1) is 0 Å². The van der Waals surface area contributed by atoms with Crippen molar-refractivity contribution in [2.45, 2.75) is 37.7 Å². The zero-order chi connectivity index (χ0) is 19.8. The number of rotatable bonds is 2. The average Bonchev–Trinajstić information content (AvgIpc) is 2.52. The number of anilines is 1. The molecule has 0 aromatic heterocycles. The van der Waals surface area contributed by atoms with Crippen LogP contribution in [0.4, 0.5) is 36.8 Å². The molecule has 0 unspecified atom stereocenters. The summed E-state index contributed by atoms with van der Waals surface area (Å²) in [7, 11) is 0. The second kappa shape index (κ2) is 7.21. The van der Waals surface area contributed by atoms with Crippen LogP contribution in [0.2, 0.25) is 0 Å². The first-order valence-corrected chi connectivity index (χ1v) is 8.63. The summed E-state index contributed by atoms with van der Waals surface area (Å²) in [5.41, 5.74) is -3.44. The monoisotopic (exact) mass is 395 g/mol. The van der Waals surface area contributed by atoms with E-state index in [1.54, 1.807) is 0 Å². The van der Waals surface area contributed by atoms with E-state index >= 15 is 0 Å². The molecule has 0 saturated carbocycles. The predicted octanol–water partition coefficient (Wildman–Crippen LogP) is 4.43. The van der Waals surface area contributed by atoms with E-state index in [4.69, 9.17) is 0 Å². The number of hydrogen-bond donors (Lipinski definition) is 1. The number of carbonyl (C=O) groups excluding carboxylic acids is 1. The number of likely N-dealkylation sites (tertiary alicyclic amines) is 2. The minimum absolute atomic E-state index is 0.0334. The molecule has 0 aliphatic carbocycles. The number of carbonyl (C=O) groups is 1. The van der Waals surface area contributed by atoms with Crippen molar-refractivity contribution < 1.29 is 31.1 Å². The van der Waals surface area contributed by atoms with Crippen LogP contribution in [0.25, 0.3) is 0 Å². The predicted molar refractivity (Wildman–Crippen MR) is 86.2 cm³/mol. The Morgan fingerprint density at radius 1 is 0.889 bits per heavy atom. The lowest BCUT2D eigenvalue weighted by molar-refractivity contribution is -0.143. The molecule has 0 bridgehead atoms. The van der Waals surface area contributed by atoms with Gasteiger partial charge in [0.15, 0.2) is 0 Å². The first kappa shape index (κ1) is 19.8. The van der Waals surface area contributed by atoms with Crippen LogP contribution in [0, 0.1) is 0 Å². The number of halogens is 6. The maximum Gasteiger partial charge on any atom is 0.416 e. The molecule has 2 fully saturated rings. The molecule has 2 amide bonds. The van der Waals surface area contributed by atoms with Gasteiger partial charge in [-0.25, -0.2) is 4.79 Å². The second-order valence-corrected chi connectivity index (χ2v) is 6.88. The molecule has 2 aliphatic heterocycles. The summed E-state index contributed by atoms with van der Waals surface area (Å²) in [5, 5.41) is 2.16. The van der Waals surface area contributed by atoms with Crippen molar-refractivity contribution in [2.75, 3.05) is 31.5 Å². The Morgan fingerprint density at radius 3 is 1.89 bits per heavy atom. The van der Waals surface area contributed by atoms with E-state index in [2.05, 4.69) is 10.2 Å². The molecule has 2 aliphatic rings. The van der Waals surface area contributed by atoms with Crippen LogP contribution in [0.15, 0.2) is 18.2 Å². The molecule has 0 radical (unpaired) electrons. The van der Waals surface area contributed by atoms with Gasteiger partial charge in [-0.1, -0.05) is 6.42 Å². The standard InChI is InChI=1S/C17H19F6N3O/c18-16(19,20)11-6-12(17(21,22)23)8-13(7-11)24-15(27)26-9-14(10-26)25-4-2-1-3-5-25/h6-8,14H,1-5,9-10H2,(H,24,27). The van der Waals surface area contributed by atoms with E-state index in [9.17, 15) is 31.1 Å². The van der Waals surface area contributed by atoms with Crippen molar-refractivity contribution in [1.29, 1.82) is 0 Å². The minimum Gasteiger partial charge on any atom is -0.321 e. The highest BCUT2D eigenvalue weighted by Gasteiger charge is 2.38. The zero-order valence-electron chi connectivity index (χ0n) is 14.3. The fourth-order valence-electron chi connectivity index (χ4n) is 3.37. The van der Waals surface area contributed by atoms with E-state index < -0.39 is 35.2 Å². The quantitative estimate of drug-likeness (QED) is 0.753. The van der Waals surface area contributed by atoms with Crippen LogP contribution in [0.3, 0.4) is 0 Å². The molecule has 10 heteroatoms. The largest absolute Gasteiger partial charge is 0.416 e. The molecule has 0 spiro atoms. The summed E-state index contributed by atoms with van der Waals surface area (Å²) in [4.78, 5) is 15.8. The molecule has 4 nitrogen and oxygen atoms in total. The van der Waals surface area contributed by atoms with Crippen molar-refractivity contribution >= 4 is 11.7 Å². The molecular formula is C17H19F6N3O. The molecule has 1 aromatic rings. The van der Waals surface area contributed by atoms with Gasteiger partial charge >= 0.3 is 18.4 Å². The third-order valence-corrected chi connectivity index (χ3v) is 4.90. The number of hydrogen-bond acceptors (Lipinski definition) is 2. The van der Waals surface area contributed by atoms with Crippen LogP contribution in [0.1, 0.15) is 30.4 Å². The maximum absolute atomic E-state index is 12.9. The van der Waals surface area contributed by atoms with E-state index in [0.29, 0.717) is 25.2 Å². The minimum atomic E-state index is -4.95. The number of benzene rings is 1. The Kier molecular flexibility index (Phi) is 5.29. The third-order valence-electron chi connectivity index (χ3n) is 4.90. The Labute approximate surface area is 152 Å². The molecule has 1 N–H and O–H groups in total. The molecule has 2 saturated heterocycles. The zero-order valence-corrected chi connectivity index (χ0v) is 14.3. The van der Waals surface area contributed by atoms with Gasteiger partial charge < -0.3 is 10.2 Å². The van der Waals surface area contributed by atoms with Gasteiger partial charge in [0.25, 0.3) is 0 Å². The molecule has 1 aromatic carbocycles. The Balaban J connectivity index is 1.67. The number of piperidine rings is 1. The van der Waals surface area contributed by atoms with E-state index in [1.807, 2.05) is 0 Å². The fraction of sp³-hybridized carbons (Fsp3) is 0.588. The smallest absolute Gasteiger partial charge is 0.321 e. The highest BCUT2D eigenvalue weighted by Crippen LogP contribution is 2.37. The summed E-state index contributed by atoms with van der Waals surface area (Å²) in [5.74, 6) is 0. The first-order chi connectivity index (χ1) is 12.5. The lowest BCUT2D eigenvalue weighted by Crippen LogP contribution is -2.62. The van der Waals surface area contributed by atoms with Crippen molar-refractivity contribution in [2.24, 2.45) is 0 Å². The summed E-state index contributed by atoms with van der Waals surface area (Å²) >= 11 is 0. The topological polar surface area (TPSA) is 35.6 Å². The van der Waals surface area contributed by atoms with Gasteiger partial charge in [-0.2, -0.15) is 26.3 Å². The van der Waals surface area contributed by atoms with Crippen LogP contribution < -0.4 is 5.32 Å². The van der Waals surface area contributed by atoms with Crippen molar-refractivity contribution in [3.05, 3.63) is 29.3 Å². The molecule has 150 valence electrons. The Morgan fingerprint density at radius 2 is 1.41 bits per heavy atom. The number of nitrogens with zero attached hydrogens (tertiary/aromatic N) is 2. The van der Waals surface area contributed by atoms with Gasteiger partial charge in [0.1, 0.15) is 0 Å².